The fraction of sp³-hybridized carbons (Fsp3) is 0.565. The van der Waals surface area contributed by atoms with Crippen LogP contribution in [0.4, 0.5) is 0 Å². The number of nitrogens with one attached hydrogen (secondary N) is 2. The molecule has 2 aromatic rings. The predicted molar refractivity (Wildman–Crippen MR) is 141 cm³/mol. The second-order valence-corrected chi connectivity index (χ2v) is 8.70. The van der Waals surface area contributed by atoms with Gasteiger partial charge in [0.15, 0.2) is 5.96 Å². The van der Waals surface area contributed by atoms with Crippen LogP contribution in [0.25, 0.3) is 0 Å². The van der Waals surface area contributed by atoms with E-state index < -0.39 is 0 Å². The summed E-state index contributed by atoms with van der Waals surface area (Å²) in [5.41, 5.74) is 2.44. The van der Waals surface area contributed by atoms with Crippen LogP contribution in [-0.2, 0) is 6.42 Å². The summed E-state index contributed by atoms with van der Waals surface area (Å²) in [5, 5.41) is 10.1. The molecule has 1 unspecified atom stereocenters. The molecule has 1 aromatic heterocycles. The standard InChI is InChI=1S/C23H35N5OS.HI/c1-4-24-23(25-13-12-20-17-30-18(2)27-20)26-16-22(28-14-6-5-7-15-28)19-8-10-21(29-3)11-9-19;/h8-11,17,22H,4-7,12-16H2,1-3H3,(H2,24,25,26);1H. The molecule has 1 aromatic carbocycles. The van der Waals surface area contributed by atoms with E-state index in [1.165, 1.54) is 24.8 Å². The quantitative estimate of drug-likeness (QED) is 0.272. The summed E-state index contributed by atoms with van der Waals surface area (Å²) in [6, 6.07) is 8.75. The molecule has 8 heteroatoms. The van der Waals surface area contributed by atoms with Crippen LogP contribution in [0.5, 0.6) is 5.75 Å². The van der Waals surface area contributed by atoms with E-state index in [2.05, 4.69) is 57.1 Å². The van der Waals surface area contributed by atoms with Gasteiger partial charge in [0.2, 0.25) is 0 Å². The smallest absolute Gasteiger partial charge is 0.191 e. The molecular weight excluding hydrogens is 521 g/mol. The van der Waals surface area contributed by atoms with Crippen molar-refractivity contribution in [3.8, 4) is 5.75 Å². The van der Waals surface area contributed by atoms with Crippen LogP contribution in [0.1, 0.15) is 48.5 Å². The fourth-order valence-corrected chi connectivity index (χ4v) is 4.49. The molecule has 0 saturated carbocycles. The number of aromatic nitrogens is 1. The van der Waals surface area contributed by atoms with Crippen LogP contribution in [0.15, 0.2) is 34.6 Å². The average Bonchev–Trinajstić information content (AvgIpc) is 3.20. The third kappa shape index (κ3) is 8.23. The molecule has 0 spiro atoms. The molecule has 1 fully saturated rings. The SMILES string of the molecule is CCNC(=NCC(c1ccc(OC)cc1)N1CCCCC1)NCCc1csc(C)n1.I. The maximum Gasteiger partial charge on any atom is 0.191 e. The molecule has 1 saturated heterocycles. The van der Waals surface area contributed by atoms with Crippen LogP contribution in [0, 0.1) is 6.92 Å². The Bertz CT molecular complexity index is 790. The molecule has 2 heterocycles. The summed E-state index contributed by atoms with van der Waals surface area (Å²) >= 11 is 1.70. The topological polar surface area (TPSA) is 61.8 Å². The van der Waals surface area contributed by atoms with Crippen LogP contribution < -0.4 is 15.4 Å². The number of piperidine rings is 1. The van der Waals surface area contributed by atoms with Crippen molar-refractivity contribution in [3.63, 3.8) is 0 Å². The van der Waals surface area contributed by atoms with E-state index in [0.717, 1.165) is 61.6 Å². The number of methoxy groups -OCH3 is 1. The zero-order valence-electron chi connectivity index (χ0n) is 18.9. The first-order valence-electron chi connectivity index (χ1n) is 11.0. The summed E-state index contributed by atoms with van der Waals surface area (Å²) in [5.74, 6) is 1.77. The Hall–Kier alpha value is -1.39. The van der Waals surface area contributed by atoms with Crippen molar-refractivity contribution < 1.29 is 4.74 Å². The van der Waals surface area contributed by atoms with E-state index >= 15 is 0 Å². The highest BCUT2D eigenvalue weighted by Gasteiger charge is 2.22. The average molecular weight is 558 g/mol. The Balaban J connectivity index is 0.00000341. The maximum absolute atomic E-state index is 5.34. The molecule has 0 bridgehead atoms. The van der Waals surface area contributed by atoms with Crippen molar-refractivity contribution in [2.45, 2.75) is 45.6 Å². The highest BCUT2D eigenvalue weighted by molar-refractivity contribution is 14.0. The van der Waals surface area contributed by atoms with Gasteiger partial charge < -0.3 is 15.4 Å². The number of rotatable bonds is 9. The lowest BCUT2D eigenvalue weighted by Gasteiger charge is -2.34. The molecule has 0 radical (unpaired) electrons. The summed E-state index contributed by atoms with van der Waals surface area (Å²) in [7, 11) is 1.71. The van der Waals surface area contributed by atoms with E-state index in [4.69, 9.17) is 9.73 Å². The number of aliphatic imine (C=N–C) groups is 1. The molecule has 31 heavy (non-hydrogen) atoms. The first kappa shape index (κ1) is 25.9. The number of aryl methyl sites for hydroxylation is 1. The Morgan fingerprint density at radius 2 is 1.94 bits per heavy atom. The van der Waals surface area contributed by atoms with Gasteiger partial charge in [-0.05, 0) is 57.5 Å². The van der Waals surface area contributed by atoms with Crippen molar-refractivity contribution in [1.82, 2.24) is 20.5 Å². The van der Waals surface area contributed by atoms with Gasteiger partial charge in [-0.15, -0.1) is 35.3 Å². The molecule has 1 atom stereocenters. The summed E-state index contributed by atoms with van der Waals surface area (Å²) in [4.78, 5) is 12.1. The Morgan fingerprint density at radius 3 is 2.55 bits per heavy atom. The lowest BCUT2D eigenvalue weighted by Crippen LogP contribution is -2.40. The monoisotopic (exact) mass is 557 g/mol. The number of thiazole rings is 1. The van der Waals surface area contributed by atoms with E-state index in [0.29, 0.717) is 0 Å². The maximum atomic E-state index is 5.34. The Morgan fingerprint density at radius 1 is 1.19 bits per heavy atom. The molecule has 1 aliphatic heterocycles. The van der Waals surface area contributed by atoms with Gasteiger partial charge in [-0.1, -0.05) is 18.6 Å². The Kier molecular flexibility index (Phi) is 11.6. The minimum Gasteiger partial charge on any atom is -0.497 e. The third-order valence-corrected chi connectivity index (χ3v) is 6.26. The highest BCUT2D eigenvalue weighted by Crippen LogP contribution is 2.26. The van der Waals surface area contributed by atoms with Crippen LogP contribution in [0.3, 0.4) is 0 Å². The molecule has 172 valence electrons. The van der Waals surface area contributed by atoms with Gasteiger partial charge in [0.05, 0.1) is 30.4 Å². The van der Waals surface area contributed by atoms with Crippen molar-refractivity contribution in [2.24, 2.45) is 4.99 Å². The summed E-state index contributed by atoms with van der Waals surface area (Å²) in [6.07, 6.45) is 4.77. The van der Waals surface area contributed by atoms with E-state index in [1.54, 1.807) is 18.4 Å². The van der Waals surface area contributed by atoms with E-state index in [1.807, 2.05) is 6.92 Å². The first-order valence-corrected chi connectivity index (χ1v) is 11.9. The summed E-state index contributed by atoms with van der Waals surface area (Å²) < 4.78 is 5.34. The minimum atomic E-state index is 0. The number of halogens is 1. The molecule has 2 N–H and O–H groups in total. The predicted octanol–water partition coefficient (Wildman–Crippen LogP) is 4.40. The number of benzene rings is 1. The minimum absolute atomic E-state index is 0. The lowest BCUT2D eigenvalue weighted by molar-refractivity contribution is 0.167. The number of nitrogens with zero attached hydrogens (tertiary/aromatic N) is 3. The van der Waals surface area contributed by atoms with Crippen LogP contribution in [-0.4, -0.2) is 55.7 Å². The van der Waals surface area contributed by atoms with Crippen molar-refractivity contribution in [3.05, 3.63) is 45.9 Å². The van der Waals surface area contributed by atoms with Gasteiger partial charge in [0.25, 0.3) is 0 Å². The second kappa shape index (κ2) is 13.9. The normalized spacial score (nSPS) is 15.8. The molecule has 6 nitrogen and oxygen atoms in total. The molecule has 0 amide bonds. The molecule has 0 aliphatic carbocycles. The summed E-state index contributed by atoms with van der Waals surface area (Å²) in [6.45, 7) is 8.83. The zero-order chi connectivity index (χ0) is 21.2. The number of likely N-dealkylation sites (tertiary alicyclic amines) is 1. The number of ether oxygens (including phenoxy) is 1. The number of guanidine groups is 1. The van der Waals surface area contributed by atoms with Gasteiger partial charge in [-0.2, -0.15) is 0 Å². The zero-order valence-corrected chi connectivity index (χ0v) is 22.0. The van der Waals surface area contributed by atoms with Crippen molar-refractivity contribution in [2.75, 3.05) is 39.8 Å². The molecule has 3 rings (SSSR count). The Labute approximate surface area is 207 Å². The van der Waals surface area contributed by atoms with Crippen LogP contribution in [0.2, 0.25) is 0 Å². The van der Waals surface area contributed by atoms with Crippen molar-refractivity contribution >= 4 is 41.3 Å². The molecule has 1 aliphatic rings. The van der Waals surface area contributed by atoms with Gasteiger partial charge in [-0.3, -0.25) is 9.89 Å². The van der Waals surface area contributed by atoms with Gasteiger partial charge >= 0.3 is 0 Å². The van der Waals surface area contributed by atoms with Gasteiger partial charge in [0.1, 0.15) is 5.75 Å². The van der Waals surface area contributed by atoms with E-state index in [9.17, 15) is 0 Å². The van der Waals surface area contributed by atoms with Gasteiger partial charge in [0, 0.05) is 24.9 Å². The number of hydrogen-bond donors (Lipinski definition) is 2. The second-order valence-electron chi connectivity index (χ2n) is 7.64. The first-order chi connectivity index (χ1) is 14.7. The lowest BCUT2D eigenvalue weighted by atomic mass is 10.0. The number of hydrogen-bond acceptors (Lipinski definition) is 5. The van der Waals surface area contributed by atoms with Crippen LogP contribution >= 0.6 is 35.3 Å². The largest absolute Gasteiger partial charge is 0.497 e. The highest BCUT2D eigenvalue weighted by atomic mass is 127. The third-order valence-electron chi connectivity index (χ3n) is 5.44. The fourth-order valence-electron chi connectivity index (χ4n) is 3.84. The van der Waals surface area contributed by atoms with E-state index in [-0.39, 0.29) is 30.0 Å². The molecular formula is C23H36IN5OS. The van der Waals surface area contributed by atoms with Gasteiger partial charge in [-0.25, -0.2) is 4.98 Å². The van der Waals surface area contributed by atoms with Crippen molar-refractivity contribution in [1.29, 1.82) is 0 Å².